The van der Waals surface area contributed by atoms with Crippen molar-refractivity contribution < 1.29 is 19.1 Å². The van der Waals surface area contributed by atoms with E-state index in [1.165, 1.54) is 4.90 Å². The van der Waals surface area contributed by atoms with Gasteiger partial charge >= 0.3 is 0 Å². The number of aryl methyl sites for hydroxylation is 1. The fraction of sp³-hybridized carbons (Fsp3) is 0.550. The van der Waals surface area contributed by atoms with Crippen LogP contribution in [0.5, 0.6) is 5.75 Å². The van der Waals surface area contributed by atoms with Gasteiger partial charge in [-0.3, -0.25) is 19.3 Å². The van der Waals surface area contributed by atoms with Crippen molar-refractivity contribution >= 4 is 17.7 Å². The third kappa shape index (κ3) is 3.08. The van der Waals surface area contributed by atoms with Crippen LogP contribution in [0.3, 0.4) is 0 Å². The number of imide groups is 1. The van der Waals surface area contributed by atoms with Crippen LogP contribution in [0.4, 0.5) is 0 Å². The van der Waals surface area contributed by atoms with Crippen LogP contribution in [0.2, 0.25) is 0 Å². The first-order valence-electron chi connectivity index (χ1n) is 9.38. The maximum Gasteiger partial charge on any atom is 0.261 e. The zero-order valence-electron chi connectivity index (χ0n) is 15.0. The van der Waals surface area contributed by atoms with Crippen molar-refractivity contribution in [2.45, 2.75) is 63.6 Å². The van der Waals surface area contributed by atoms with Crippen molar-refractivity contribution in [1.82, 2.24) is 9.80 Å². The van der Waals surface area contributed by atoms with Gasteiger partial charge in [0.1, 0.15) is 5.75 Å². The number of benzene rings is 1. The SMILES string of the molecule is Cc1ccc(OCC(=O)N2C3CCC2CC(N2C(=O)CCC2=O)C3)cc1. The normalized spacial score (nSPS) is 28.0. The van der Waals surface area contributed by atoms with E-state index in [2.05, 4.69) is 0 Å². The molecule has 0 saturated carbocycles. The number of piperidine rings is 1. The Labute approximate surface area is 153 Å². The molecule has 6 nitrogen and oxygen atoms in total. The Morgan fingerprint density at radius 3 is 2.15 bits per heavy atom. The highest BCUT2D eigenvalue weighted by Gasteiger charge is 2.47. The van der Waals surface area contributed by atoms with Gasteiger partial charge in [0.15, 0.2) is 6.61 Å². The van der Waals surface area contributed by atoms with Crippen LogP contribution in [0, 0.1) is 6.92 Å². The van der Waals surface area contributed by atoms with Gasteiger partial charge in [-0.2, -0.15) is 0 Å². The summed E-state index contributed by atoms with van der Waals surface area (Å²) in [4.78, 5) is 40.2. The molecule has 0 N–H and O–H groups in total. The highest BCUT2D eigenvalue weighted by atomic mass is 16.5. The largest absolute Gasteiger partial charge is 0.484 e. The molecule has 3 aliphatic heterocycles. The Balaban J connectivity index is 1.38. The molecule has 3 fully saturated rings. The van der Waals surface area contributed by atoms with Crippen LogP contribution in [-0.2, 0) is 14.4 Å². The van der Waals surface area contributed by atoms with E-state index in [1.54, 1.807) is 0 Å². The summed E-state index contributed by atoms with van der Waals surface area (Å²) in [6.45, 7) is 2.04. The highest BCUT2D eigenvalue weighted by molar-refractivity contribution is 6.02. The van der Waals surface area contributed by atoms with Crippen LogP contribution in [0.1, 0.15) is 44.1 Å². The van der Waals surface area contributed by atoms with Crippen molar-refractivity contribution in [2.24, 2.45) is 0 Å². The Kier molecular flexibility index (Phi) is 4.42. The summed E-state index contributed by atoms with van der Waals surface area (Å²) in [5.41, 5.74) is 1.15. The van der Waals surface area contributed by atoms with Crippen LogP contribution < -0.4 is 4.74 Å². The Morgan fingerprint density at radius 1 is 1.00 bits per heavy atom. The molecular weight excluding hydrogens is 332 g/mol. The molecule has 3 amide bonds. The minimum Gasteiger partial charge on any atom is -0.484 e. The average Bonchev–Trinajstić information content (AvgIpc) is 3.10. The second-order valence-corrected chi connectivity index (χ2v) is 7.57. The van der Waals surface area contributed by atoms with Gasteiger partial charge < -0.3 is 9.64 Å². The van der Waals surface area contributed by atoms with E-state index < -0.39 is 0 Å². The summed E-state index contributed by atoms with van der Waals surface area (Å²) in [6.07, 6.45) is 3.94. The van der Waals surface area contributed by atoms with Crippen molar-refractivity contribution in [2.75, 3.05) is 6.61 Å². The van der Waals surface area contributed by atoms with E-state index in [-0.39, 0.29) is 42.5 Å². The lowest BCUT2D eigenvalue weighted by molar-refractivity contribution is -0.145. The van der Waals surface area contributed by atoms with Crippen molar-refractivity contribution in [3.63, 3.8) is 0 Å². The molecule has 138 valence electrons. The quantitative estimate of drug-likeness (QED) is 0.775. The molecule has 1 aromatic carbocycles. The third-order valence-corrected chi connectivity index (χ3v) is 5.83. The Morgan fingerprint density at radius 2 is 1.58 bits per heavy atom. The summed E-state index contributed by atoms with van der Waals surface area (Å²) in [5.74, 6) is 0.582. The molecule has 0 radical (unpaired) electrons. The zero-order valence-corrected chi connectivity index (χ0v) is 15.0. The van der Waals surface area contributed by atoms with Gasteiger partial charge in [0.05, 0.1) is 0 Å². The highest BCUT2D eigenvalue weighted by Crippen LogP contribution is 2.39. The molecule has 0 aromatic heterocycles. The van der Waals surface area contributed by atoms with E-state index in [9.17, 15) is 14.4 Å². The number of fused-ring (bicyclic) bond motifs is 2. The molecule has 3 aliphatic rings. The smallest absolute Gasteiger partial charge is 0.261 e. The number of carbonyl (C=O) groups excluding carboxylic acids is 3. The van der Waals surface area contributed by atoms with Gasteiger partial charge in [0.2, 0.25) is 11.8 Å². The molecule has 3 saturated heterocycles. The van der Waals surface area contributed by atoms with Crippen LogP contribution in [0.25, 0.3) is 0 Å². The Bertz CT molecular complexity index is 700. The van der Waals surface area contributed by atoms with Gasteiger partial charge in [0.25, 0.3) is 5.91 Å². The number of amides is 3. The lowest BCUT2D eigenvalue weighted by Gasteiger charge is -2.41. The molecule has 26 heavy (non-hydrogen) atoms. The summed E-state index contributed by atoms with van der Waals surface area (Å²) >= 11 is 0. The number of carbonyl (C=O) groups is 3. The fourth-order valence-electron chi connectivity index (χ4n) is 4.62. The van der Waals surface area contributed by atoms with Crippen molar-refractivity contribution in [1.29, 1.82) is 0 Å². The van der Waals surface area contributed by atoms with Crippen LogP contribution in [0.15, 0.2) is 24.3 Å². The number of rotatable bonds is 4. The molecule has 4 rings (SSSR count). The molecule has 0 spiro atoms. The zero-order chi connectivity index (χ0) is 18.3. The third-order valence-electron chi connectivity index (χ3n) is 5.83. The summed E-state index contributed by atoms with van der Waals surface area (Å²) < 4.78 is 5.65. The first-order chi connectivity index (χ1) is 12.5. The number of ether oxygens (including phenoxy) is 1. The Hall–Kier alpha value is -2.37. The van der Waals surface area contributed by atoms with Crippen LogP contribution in [-0.4, -0.2) is 52.3 Å². The summed E-state index contributed by atoms with van der Waals surface area (Å²) in [6, 6.07) is 7.82. The minimum absolute atomic E-state index is 0.00407. The second-order valence-electron chi connectivity index (χ2n) is 7.57. The van der Waals surface area contributed by atoms with Gasteiger partial charge in [-0.05, 0) is 44.7 Å². The number of nitrogens with zero attached hydrogens (tertiary/aromatic N) is 2. The van der Waals surface area contributed by atoms with E-state index in [0.29, 0.717) is 31.4 Å². The van der Waals surface area contributed by atoms with Gasteiger partial charge in [-0.15, -0.1) is 0 Å². The van der Waals surface area contributed by atoms with Gasteiger partial charge in [-0.1, -0.05) is 17.7 Å². The fourth-order valence-corrected chi connectivity index (χ4v) is 4.62. The summed E-state index contributed by atoms with van der Waals surface area (Å²) in [7, 11) is 0. The topological polar surface area (TPSA) is 66.9 Å². The number of hydrogen-bond acceptors (Lipinski definition) is 4. The first-order valence-corrected chi connectivity index (χ1v) is 9.38. The monoisotopic (exact) mass is 356 g/mol. The van der Waals surface area contributed by atoms with Crippen molar-refractivity contribution in [3.05, 3.63) is 29.8 Å². The molecule has 6 heteroatoms. The number of hydrogen-bond donors (Lipinski definition) is 0. The molecular formula is C20H24N2O4. The lowest BCUT2D eigenvalue weighted by atomic mass is 9.96. The maximum atomic E-state index is 12.7. The van der Waals surface area contributed by atoms with E-state index in [4.69, 9.17) is 4.74 Å². The predicted molar refractivity (Wildman–Crippen MR) is 94.4 cm³/mol. The average molecular weight is 356 g/mol. The molecule has 1 aromatic rings. The van der Waals surface area contributed by atoms with Gasteiger partial charge in [0, 0.05) is 31.0 Å². The van der Waals surface area contributed by atoms with Gasteiger partial charge in [-0.25, -0.2) is 0 Å². The molecule has 2 atom stereocenters. The van der Waals surface area contributed by atoms with Crippen LogP contribution >= 0.6 is 0 Å². The van der Waals surface area contributed by atoms with E-state index in [1.807, 2.05) is 36.1 Å². The minimum atomic E-state index is -0.0538. The lowest BCUT2D eigenvalue weighted by Crippen LogP contribution is -2.54. The maximum absolute atomic E-state index is 12.7. The molecule has 2 bridgehead atoms. The molecule has 3 heterocycles. The second kappa shape index (κ2) is 6.74. The standard InChI is InChI=1S/C20H24N2O4/c1-13-2-6-17(7-3-13)26-12-20(25)21-14-4-5-15(21)11-16(10-14)22-18(23)8-9-19(22)24/h2-3,6-7,14-16H,4-5,8-12H2,1H3. The predicted octanol–water partition coefficient (Wildman–Crippen LogP) is 2.04. The van der Waals surface area contributed by atoms with Crippen molar-refractivity contribution in [3.8, 4) is 5.75 Å². The molecule has 0 aliphatic carbocycles. The van der Waals surface area contributed by atoms with E-state index in [0.717, 1.165) is 18.4 Å². The summed E-state index contributed by atoms with van der Waals surface area (Å²) in [5, 5.41) is 0. The number of likely N-dealkylation sites (tertiary alicyclic amines) is 1. The van der Waals surface area contributed by atoms with E-state index >= 15 is 0 Å². The first kappa shape index (κ1) is 17.1. The molecule has 2 unspecified atom stereocenters.